The van der Waals surface area contributed by atoms with Crippen molar-refractivity contribution in [3.63, 3.8) is 0 Å². The fourth-order valence-corrected chi connectivity index (χ4v) is 0.292. The van der Waals surface area contributed by atoms with Crippen LogP contribution in [0.2, 0.25) is 0 Å². The standard InChI is InChI=1S/C2H4O2S/c3-1-2(4)5-1/h1-4H. The fraction of sp³-hybridized carbons (Fsp3) is 1.00. The molecule has 0 aromatic rings. The molecule has 1 rings (SSSR count). The first kappa shape index (κ1) is 3.46. The maximum absolute atomic E-state index is 8.15. The minimum absolute atomic E-state index is 0.477. The molecule has 1 saturated heterocycles. The van der Waals surface area contributed by atoms with E-state index in [9.17, 15) is 0 Å². The summed E-state index contributed by atoms with van der Waals surface area (Å²) in [7, 11) is 0. The quantitative estimate of drug-likeness (QED) is 0.391. The predicted octanol–water partition coefficient (Wildman–Crippen LogP) is -0.630. The van der Waals surface area contributed by atoms with E-state index in [2.05, 4.69) is 0 Å². The van der Waals surface area contributed by atoms with E-state index >= 15 is 0 Å². The number of hydrogen-bond donors (Lipinski definition) is 2. The third-order valence-electron chi connectivity index (χ3n) is 0.446. The second-order valence-electron chi connectivity index (χ2n) is 0.917. The number of hydrogen-bond acceptors (Lipinski definition) is 3. The predicted molar refractivity (Wildman–Crippen MR) is 19.6 cm³/mol. The van der Waals surface area contributed by atoms with Gasteiger partial charge < -0.3 is 10.2 Å². The number of aliphatic hydroxyl groups excluding tert-OH is 2. The zero-order chi connectivity index (χ0) is 3.86. The van der Waals surface area contributed by atoms with Gasteiger partial charge in [0.15, 0.2) is 0 Å². The second kappa shape index (κ2) is 0.864. The highest BCUT2D eigenvalue weighted by atomic mass is 32.2. The Hall–Kier alpha value is 0.270. The van der Waals surface area contributed by atoms with Crippen molar-refractivity contribution in [2.45, 2.75) is 10.9 Å². The van der Waals surface area contributed by atoms with Gasteiger partial charge in [-0.2, -0.15) is 0 Å². The van der Waals surface area contributed by atoms with Gasteiger partial charge in [-0.05, 0) is 0 Å². The van der Waals surface area contributed by atoms with Crippen LogP contribution in [0.3, 0.4) is 0 Å². The lowest BCUT2D eigenvalue weighted by atomic mass is 10.8. The Balaban J connectivity index is 2.20. The smallest absolute Gasteiger partial charge is 0.137 e. The Kier molecular flexibility index (Phi) is 0.598. The molecule has 30 valence electrons. The van der Waals surface area contributed by atoms with Crippen LogP contribution in [-0.4, -0.2) is 21.1 Å². The Labute approximate surface area is 33.8 Å². The van der Waals surface area contributed by atoms with Gasteiger partial charge in [0.2, 0.25) is 0 Å². The molecule has 1 aliphatic heterocycles. The number of rotatable bonds is 0. The topological polar surface area (TPSA) is 40.5 Å². The van der Waals surface area contributed by atoms with E-state index in [4.69, 9.17) is 10.2 Å². The highest BCUT2D eigenvalue weighted by Crippen LogP contribution is 2.35. The van der Waals surface area contributed by atoms with E-state index in [1.165, 1.54) is 0 Å². The molecular formula is C2H4O2S. The van der Waals surface area contributed by atoms with Gasteiger partial charge in [0.25, 0.3) is 0 Å². The van der Waals surface area contributed by atoms with E-state index in [1.54, 1.807) is 0 Å². The van der Waals surface area contributed by atoms with Gasteiger partial charge in [-0.1, -0.05) is 11.8 Å². The van der Waals surface area contributed by atoms with Crippen LogP contribution in [-0.2, 0) is 0 Å². The highest BCUT2D eigenvalue weighted by molar-refractivity contribution is 8.07. The zero-order valence-electron chi connectivity index (χ0n) is 2.46. The summed E-state index contributed by atoms with van der Waals surface area (Å²) >= 11 is 1.16. The average molecular weight is 92.1 g/mol. The van der Waals surface area contributed by atoms with E-state index in [-0.39, 0.29) is 0 Å². The normalized spacial score (nSPS) is 49.2. The molecular weight excluding hydrogens is 88.1 g/mol. The summed E-state index contributed by atoms with van der Waals surface area (Å²) in [6.45, 7) is 0. The maximum atomic E-state index is 8.15. The van der Waals surface area contributed by atoms with Gasteiger partial charge >= 0.3 is 0 Å². The van der Waals surface area contributed by atoms with Crippen molar-refractivity contribution in [1.82, 2.24) is 0 Å². The molecule has 5 heavy (non-hydrogen) atoms. The van der Waals surface area contributed by atoms with Crippen molar-refractivity contribution in [3.05, 3.63) is 0 Å². The Morgan fingerprint density at radius 3 is 1.40 bits per heavy atom. The molecule has 0 radical (unpaired) electrons. The van der Waals surface area contributed by atoms with Crippen LogP contribution in [0.15, 0.2) is 0 Å². The van der Waals surface area contributed by atoms with Crippen LogP contribution in [0, 0.1) is 0 Å². The highest BCUT2D eigenvalue weighted by Gasteiger charge is 2.33. The van der Waals surface area contributed by atoms with Crippen molar-refractivity contribution in [3.8, 4) is 0 Å². The zero-order valence-corrected chi connectivity index (χ0v) is 3.27. The van der Waals surface area contributed by atoms with Crippen molar-refractivity contribution in [1.29, 1.82) is 0 Å². The minimum atomic E-state index is -0.477. The van der Waals surface area contributed by atoms with Crippen molar-refractivity contribution in [2.24, 2.45) is 0 Å². The lowest BCUT2D eigenvalue weighted by Gasteiger charge is -1.65. The fourth-order valence-electron chi connectivity index (χ4n) is 0.0975. The monoisotopic (exact) mass is 92.0 g/mol. The van der Waals surface area contributed by atoms with Gasteiger partial charge in [0.05, 0.1) is 0 Å². The lowest BCUT2D eigenvalue weighted by Crippen LogP contribution is -1.85. The maximum Gasteiger partial charge on any atom is 0.137 e. The van der Waals surface area contributed by atoms with E-state index in [0.717, 1.165) is 11.8 Å². The van der Waals surface area contributed by atoms with Crippen LogP contribution in [0.4, 0.5) is 0 Å². The summed E-state index contributed by atoms with van der Waals surface area (Å²) in [6.07, 6.45) is 0. The Bertz CT molecular complexity index is 40.9. The Morgan fingerprint density at radius 1 is 1.20 bits per heavy atom. The first-order chi connectivity index (χ1) is 2.30. The Morgan fingerprint density at radius 2 is 1.40 bits per heavy atom. The van der Waals surface area contributed by atoms with Crippen LogP contribution < -0.4 is 0 Å². The van der Waals surface area contributed by atoms with Gasteiger partial charge in [-0.15, -0.1) is 0 Å². The molecule has 0 bridgehead atoms. The second-order valence-corrected chi connectivity index (χ2v) is 2.16. The van der Waals surface area contributed by atoms with Crippen LogP contribution in [0.5, 0.6) is 0 Å². The molecule has 2 unspecified atom stereocenters. The lowest BCUT2D eigenvalue weighted by molar-refractivity contribution is 0.180. The van der Waals surface area contributed by atoms with Gasteiger partial charge in [-0.25, -0.2) is 0 Å². The summed E-state index contributed by atoms with van der Waals surface area (Å²) < 4.78 is 0. The molecule has 0 saturated carbocycles. The molecule has 3 heteroatoms. The molecule has 1 aliphatic rings. The molecule has 0 aromatic heterocycles. The first-order valence-electron chi connectivity index (χ1n) is 1.32. The number of aliphatic hydroxyl groups is 2. The van der Waals surface area contributed by atoms with Crippen molar-refractivity contribution in [2.75, 3.05) is 0 Å². The van der Waals surface area contributed by atoms with Gasteiger partial charge in [-0.3, -0.25) is 0 Å². The molecule has 0 amide bonds. The van der Waals surface area contributed by atoms with Gasteiger partial charge in [0, 0.05) is 0 Å². The SMILES string of the molecule is OC1SC1O. The average Bonchev–Trinajstić information content (AvgIpc) is 1.79. The van der Waals surface area contributed by atoms with Gasteiger partial charge in [0.1, 0.15) is 10.9 Å². The largest absolute Gasteiger partial charge is 0.379 e. The van der Waals surface area contributed by atoms with Crippen LogP contribution in [0.1, 0.15) is 0 Å². The summed E-state index contributed by atoms with van der Waals surface area (Å²) in [5.74, 6) is 0. The summed E-state index contributed by atoms with van der Waals surface area (Å²) in [5, 5.41) is 16.3. The van der Waals surface area contributed by atoms with Crippen molar-refractivity contribution < 1.29 is 10.2 Å². The molecule has 0 aromatic carbocycles. The van der Waals surface area contributed by atoms with E-state index in [0.29, 0.717) is 0 Å². The van der Waals surface area contributed by atoms with Crippen LogP contribution >= 0.6 is 11.8 Å². The molecule has 0 spiro atoms. The molecule has 2 nitrogen and oxygen atoms in total. The third-order valence-corrected chi connectivity index (χ3v) is 1.21. The molecule has 0 aliphatic carbocycles. The van der Waals surface area contributed by atoms with Crippen molar-refractivity contribution >= 4 is 11.8 Å². The molecule has 2 atom stereocenters. The molecule has 2 N–H and O–H groups in total. The summed E-state index contributed by atoms with van der Waals surface area (Å²) in [5.41, 5.74) is -0.954. The first-order valence-corrected chi connectivity index (χ1v) is 2.26. The molecule has 1 fully saturated rings. The summed E-state index contributed by atoms with van der Waals surface area (Å²) in [6, 6.07) is 0. The van der Waals surface area contributed by atoms with Crippen LogP contribution in [0.25, 0.3) is 0 Å². The number of thioether (sulfide) groups is 1. The third kappa shape index (κ3) is 0.560. The minimum Gasteiger partial charge on any atom is -0.379 e. The van der Waals surface area contributed by atoms with E-state index in [1.807, 2.05) is 0 Å². The summed E-state index contributed by atoms with van der Waals surface area (Å²) in [4.78, 5) is 0. The van der Waals surface area contributed by atoms with E-state index < -0.39 is 10.9 Å². The molecule has 1 heterocycles.